The van der Waals surface area contributed by atoms with Crippen molar-refractivity contribution in [2.75, 3.05) is 13.1 Å². The summed E-state index contributed by atoms with van der Waals surface area (Å²) in [6.45, 7) is 0.679. The molecule has 17 heavy (non-hydrogen) atoms. The van der Waals surface area contributed by atoms with Crippen LogP contribution in [-0.4, -0.2) is 29.0 Å². The molecule has 0 spiro atoms. The van der Waals surface area contributed by atoms with Crippen LogP contribution in [-0.2, 0) is 6.18 Å². The van der Waals surface area contributed by atoms with E-state index in [4.69, 9.17) is 5.73 Å². The number of amides is 1. The van der Waals surface area contributed by atoms with Crippen molar-refractivity contribution in [2.45, 2.75) is 12.6 Å². The number of alkyl halides is 3. The van der Waals surface area contributed by atoms with Crippen molar-refractivity contribution < 1.29 is 18.0 Å². The smallest absolute Gasteiger partial charge is 0.351 e. The fourth-order valence-electron chi connectivity index (χ4n) is 1.02. The molecule has 0 saturated carbocycles. The Morgan fingerprint density at radius 2 is 2.18 bits per heavy atom. The van der Waals surface area contributed by atoms with E-state index in [-0.39, 0.29) is 5.69 Å². The normalized spacial score (nSPS) is 11.3. The third-order valence-corrected chi connectivity index (χ3v) is 1.81. The number of aromatic nitrogens is 2. The number of nitrogens with one attached hydrogen (secondary N) is 1. The van der Waals surface area contributed by atoms with Crippen LogP contribution in [0.25, 0.3) is 0 Å². The number of halogens is 3. The monoisotopic (exact) mass is 248 g/mol. The van der Waals surface area contributed by atoms with Gasteiger partial charge in [0.15, 0.2) is 0 Å². The van der Waals surface area contributed by atoms with Crippen LogP contribution in [0, 0.1) is 0 Å². The maximum atomic E-state index is 12.3. The molecule has 0 aliphatic heterocycles. The topological polar surface area (TPSA) is 80.9 Å². The summed E-state index contributed by atoms with van der Waals surface area (Å²) in [5.41, 5.74) is 4.89. The number of nitrogens with zero attached hydrogens (tertiary/aromatic N) is 2. The van der Waals surface area contributed by atoms with Crippen molar-refractivity contribution in [3.8, 4) is 0 Å². The summed E-state index contributed by atoms with van der Waals surface area (Å²) in [5.74, 6) is -2.00. The lowest BCUT2D eigenvalue weighted by Gasteiger charge is -2.06. The van der Waals surface area contributed by atoms with Gasteiger partial charge in [-0.05, 0) is 19.0 Å². The van der Waals surface area contributed by atoms with Gasteiger partial charge in [-0.3, -0.25) is 4.79 Å². The minimum Gasteiger partial charge on any atom is -0.351 e. The standard InChI is InChI=1S/C9H11F3N4O/c10-9(11,12)8-15-5-2-6(16-8)7(17)14-4-1-3-13/h2,5H,1,3-4,13H2,(H,14,17). The number of nitrogens with two attached hydrogens (primary N) is 1. The van der Waals surface area contributed by atoms with Gasteiger partial charge < -0.3 is 11.1 Å². The van der Waals surface area contributed by atoms with Gasteiger partial charge in [-0.2, -0.15) is 13.2 Å². The number of carbonyl (C=O) groups excluding carboxylic acids is 1. The van der Waals surface area contributed by atoms with Crippen molar-refractivity contribution in [3.63, 3.8) is 0 Å². The van der Waals surface area contributed by atoms with Crippen molar-refractivity contribution >= 4 is 5.91 Å². The summed E-state index contributed by atoms with van der Waals surface area (Å²) in [4.78, 5) is 17.6. The van der Waals surface area contributed by atoms with E-state index >= 15 is 0 Å². The molecular weight excluding hydrogens is 237 g/mol. The zero-order valence-electron chi connectivity index (χ0n) is 8.79. The molecule has 94 valence electrons. The van der Waals surface area contributed by atoms with Crippen LogP contribution in [0.1, 0.15) is 22.7 Å². The zero-order valence-corrected chi connectivity index (χ0v) is 8.79. The summed E-state index contributed by atoms with van der Waals surface area (Å²) in [6.07, 6.45) is -3.22. The Kier molecular flexibility index (Phi) is 4.38. The fraction of sp³-hybridized carbons (Fsp3) is 0.444. The minimum absolute atomic E-state index is 0.292. The van der Waals surface area contributed by atoms with E-state index in [0.717, 1.165) is 12.3 Å². The van der Waals surface area contributed by atoms with Crippen LogP contribution in [0.3, 0.4) is 0 Å². The van der Waals surface area contributed by atoms with E-state index in [0.29, 0.717) is 19.5 Å². The second-order valence-electron chi connectivity index (χ2n) is 3.16. The Morgan fingerprint density at radius 3 is 2.76 bits per heavy atom. The predicted molar refractivity (Wildman–Crippen MR) is 53.0 cm³/mol. The molecule has 3 N–H and O–H groups in total. The van der Waals surface area contributed by atoms with Crippen molar-refractivity contribution in [1.29, 1.82) is 0 Å². The Balaban J connectivity index is 2.74. The molecule has 0 aliphatic rings. The third kappa shape index (κ3) is 3.99. The summed E-state index contributed by atoms with van der Waals surface area (Å²) in [7, 11) is 0. The second-order valence-corrected chi connectivity index (χ2v) is 3.16. The van der Waals surface area contributed by atoms with Gasteiger partial charge in [-0.1, -0.05) is 0 Å². The van der Waals surface area contributed by atoms with Gasteiger partial charge in [0.1, 0.15) is 5.69 Å². The molecule has 1 amide bonds. The number of hydrogen-bond acceptors (Lipinski definition) is 4. The largest absolute Gasteiger partial charge is 0.451 e. The average Bonchev–Trinajstić information content (AvgIpc) is 2.28. The van der Waals surface area contributed by atoms with Crippen molar-refractivity contribution in [3.05, 3.63) is 23.8 Å². The van der Waals surface area contributed by atoms with Gasteiger partial charge in [0.2, 0.25) is 5.82 Å². The van der Waals surface area contributed by atoms with Gasteiger partial charge in [0, 0.05) is 12.7 Å². The molecule has 0 unspecified atom stereocenters. The van der Waals surface area contributed by atoms with E-state index in [2.05, 4.69) is 15.3 Å². The molecular formula is C9H11F3N4O. The summed E-state index contributed by atoms with van der Waals surface area (Å²) >= 11 is 0. The highest BCUT2D eigenvalue weighted by Crippen LogP contribution is 2.25. The van der Waals surface area contributed by atoms with Gasteiger partial charge in [0.05, 0.1) is 0 Å². The van der Waals surface area contributed by atoms with Crippen LogP contribution < -0.4 is 11.1 Å². The predicted octanol–water partition coefficient (Wildman–Crippen LogP) is 0.574. The van der Waals surface area contributed by atoms with Gasteiger partial charge in [0.25, 0.3) is 5.91 Å². The lowest BCUT2D eigenvalue weighted by molar-refractivity contribution is -0.145. The highest BCUT2D eigenvalue weighted by Gasteiger charge is 2.35. The molecule has 1 rings (SSSR count). The lowest BCUT2D eigenvalue weighted by Crippen LogP contribution is -2.27. The highest BCUT2D eigenvalue weighted by atomic mass is 19.4. The molecule has 0 bridgehead atoms. The molecule has 0 saturated heterocycles. The Labute approximate surface area is 95.2 Å². The van der Waals surface area contributed by atoms with Crippen LogP contribution in [0.15, 0.2) is 12.3 Å². The number of carbonyl (C=O) groups is 1. The average molecular weight is 248 g/mol. The zero-order chi connectivity index (χ0) is 12.9. The fourth-order valence-corrected chi connectivity index (χ4v) is 1.02. The van der Waals surface area contributed by atoms with E-state index < -0.39 is 17.9 Å². The SMILES string of the molecule is NCCCNC(=O)c1ccnc(C(F)(F)F)n1. The summed E-state index contributed by atoms with van der Waals surface area (Å²) < 4.78 is 36.8. The quantitative estimate of drug-likeness (QED) is 0.763. The Hall–Kier alpha value is -1.70. The molecule has 0 fully saturated rings. The van der Waals surface area contributed by atoms with E-state index in [1.807, 2.05) is 0 Å². The molecule has 5 nitrogen and oxygen atoms in total. The lowest BCUT2D eigenvalue weighted by atomic mass is 10.3. The van der Waals surface area contributed by atoms with E-state index in [1.54, 1.807) is 0 Å². The van der Waals surface area contributed by atoms with Gasteiger partial charge >= 0.3 is 6.18 Å². The molecule has 8 heteroatoms. The maximum absolute atomic E-state index is 12.3. The molecule has 0 aliphatic carbocycles. The van der Waals surface area contributed by atoms with Crippen LogP contribution in [0.5, 0.6) is 0 Å². The minimum atomic E-state index is -4.66. The number of rotatable bonds is 4. The third-order valence-electron chi connectivity index (χ3n) is 1.81. The van der Waals surface area contributed by atoms with Crippen molar-refractivity contribution in [1.82, 2.24) is 15.3 Å². The first-order valence-electron chi connectivity index (χ1n) is 4.83. The summed E-state index contributed by atoms with van der Waals surface area (Å²) in [5, 5.41) is 2.40. The number of hydrogen-bond donors (Lipinski definition) is 2. The van der Waals surface area contributed by atoms with Crippen LogP contribution >= 0.6 is 0 Å². The molecule has 0 atom stereocenters. The molecule has 1 aromatic heterocycles. The Morgan fingerprint density at radius 1 is 1.47 bits per heavy atom. The first-order valence-corrected chi connectivity index (χ1v) is 4.83. The molecule has 1 aromatic rings. The van der Waals surface area contributed by atoms with Crippen LogP contribution in [0.2, 0.25) is 0 Å². The first kappa shape index (κ1) is 13.4. The van der Waals surface area contributed by atoms with E-state index in [1.165, 1.54) is 0 Å². The van der Waals surface area contributed by atoms with Gasteiger partial charge in [-0.15, -0.1) is 0 Å². The van der Waals surface area contributed by atoms with Crippen molar-refractivity contribution in [2.24, 2.45) is 5.73 Å². The second kappa shape index (κ2) is 5.58. The molecule has 1 heterocycles. The Bertz CT molecular complexity index is 394. The van der Waals surface area contributed by atoms with Gasteiger partial charge in [-0.25, -0.2) is 9.97 Å². The molecule has 0 aromatic carbocycles. The first-order chi connectivity index (χ1) is 7.95. The highest BCUT2D eigenvalue weighted by molar-refractivity contribution is 5.92. The summed E-state index contributed by atoms with van der Waals surface area (Å²) in [6, 6.07) is 1.12. The van der Waals surface area contributed by atoms with Crippen LogP contribution in [0.4, 0.5) is 13.2 Å². The maximum Gasteiger partial charge on any atom is 0.451 e. The van der Waals surface area contributed by atoms with E-state index in [9.17, 15) is 18.0 Å². The molecule has 0 radical (unpaired) electrons.